The summed E-state index contributed by atoms with van der Waals surface area (Å²) >= 11 is 0. The van der Waals surface area contributed by atoms with Gasteiger partial charge in [-0.05, 0) is 29.8 Å². The molecule has 0 saturated heterocycles. The number of aromatic nitrogens is 2. The van der Waals surface area contributed by atoms with Gasteiger partial charge in [-0.15, -0.1) is 0 Å². The molecule has 1 heterocycles. The molecule has 0 aliphatic rings. The third-order valence-corrected chi connectivity index (χ3v) is 4.31. The van der Waals surface area contributed by atoms with Crippen LogP contribution in [0.1, 0.15) is 16.1 Å². The number of amides is 2. The molecule has 160 valence electrons. The maximum absolute atomic E-state index is 14.5. The van der Waals surface area contributed by atoms with E-state index < -0.39 is 64.0 Å². The van der Waals surface area contributed by atoms with Crippen molar-refractivity contribution in [3.05, 3.63) is 76.1 Å². The maximum Gasteiger partial charge on any atom is 0.417 e. The van der Waals surface area contributed by atoms with E-state index in [0.29, 0.717) is 0 Å². The molecule has 0 fully saturated rings. The number of carbonyl (C=O) groups is 2. The average Bonchev–Trinajstić information content (AvgIpc) is 2.69. The van der Waals surface area contributed by atoms with Crippen LogP contribution in [0.4, 0.5) is 17.6 Å². The Balaban J connectivity index is 2.27. The van der Waals surface area contributed by atoms with Crippen LogP contribution in [0.15, 0.2) is 53.5 Å². The van der Waals surface area contributed by atoms with E-state index in [1.54, 1.807) is 0 Å². The molecule has 0 aliphatic carbocycles. The summed E-state index contributed by atoms with van der Waals surface area (Å²) in [7, 11) is 0. The van der Waals surface area contributed by atoms with Crippen molar-refractivity contribution in [1.82, 2.24) is 9.55 Å². The molecule has 31 heavy (non-hydrogen) atoms. The van der Waals surface area contributed by atoms with E-state index in [4.69, 9.17) is 11.5 Å². The number of nitrogens with zero attached hydrogens (tertiary/aromatic N) is 2. The zero-order valence-electron chi connectivity index (χ0n) is 15.6. The monoisotopic (exact) mass is 434 g/mol. The topological polar surface area (TPSA) is 121 Å². The standard InChI is InChI=1S/C20H14F4N4O3/c21-14-6-5-10(7-12(14)11-3-1-2-4-13(11)20(22,23)24)17-19(31)28(9-16(25)29)8-15(27-17)18(26)30/h1-8H,9H2,(H2,25,29)(H2,26,30). The Morgan fingerprint density at radius 3 is 2.32 bits per heavy atom. The minimum absolute atomic E-state index is 0.0836. The lowest BCUT2D eigenvalue weighted by Crippen LogP contribution is -2.31. The third-order valence-electron chi connectivity index (χ3n) is 4.31. The van der Waals surface area contributed by atoms with Gasteiger partial charge >= 0.3 is 6.18 Å². The SMILES string of the molecule is NC(=O)Cn1cc(C(N)=O)nc(-c2ccc(F)c(-c3ccccc3C(F)(F)F)c2)c1=O. The summed E-state index contributed by atoms with van der Waals surface area (Å²) in [5.74, 6) is -2.89. The molecule has 2 amide bonds. The molecule has 2 aromatic carbocycles. The van der Waals surface area contributed by atoms with Gasteiger partial charge < -0.3 is 16.0 Å². The zero-order valence-corrected chi connectivity index (χ0v) is 15.6. The Labute approximate surface area is 171 Å². The molecular weight excluding hydrogens is 420 g/mol. The average molecular weight is 434 g/mol. The zero-order chi connectivity index (χ0) is 22.9. The van der Waals surface area contributed by atoms with E-state index >= 15 is 0 Å². The van der Waals surface area contributed by atoms with Crippen LogP contribution >= 0.6 is 0 Å². The third kappa shape index (κ3) is 4.44. The Bertz CT molecular complexity index is 1250. The molecular formula is C20H14F4N4O3. The van der Waals surface area contributed by atoms with Gasteiger partial charge in [0.25, 0.3) is 11.5 Å². The molecule has 0 saturated carbocycles. The van der Waals surface area contributed by atoms with Crippen molar-refractivity contribution in [2.45, 2.75) is 12.7 Å². The van der Waals surface area contributed by atoms with Gasteiger partial charge in [-0.3, -0.25) is 14.4 Å². The predicted octanol–water partition coefficient (Wildman–Crippen LogP) is 2.32. The van der Waals surface area contributed by atoms with Gasteiger partial charge in [0.2, 0.25) is 5.91 Å². The molecule has 0 spiro atoms. The Morgan fingerprint density at radius 2 is 1.71 bits per heavy atom. The molecule has 0 atom stereocenters. The summed E-state index contributed by atoms with van der Waals surface area (Å²) in [6.45, 7) is -0.598. The summed E-state index contributed by atoms with van der Waals surface area (Å²) in [6.07, 6.45) is -3.82. The number of primary amides is 2. The molecule has 7 nitrogen and oxygen atoms in total. The fraction of sp³-hybridized carbons (Fsp3) is 0.100. The van der Waals surface area contributed by atoms with Crippen LogP contribution in [0.2, 0.25) is 0 Å². The second-order valence-corrected chi connectivity index (χ2v) is 6.48. The summed E-state index contributed by atoms with van der Waals surface area (Å²) in [4.78, 5) is 39.4. The summed E-state index contributed by atoms with van der Waals surface area (Å²) in [5, 5.41) is 0. The lowest BCUT2D eigenvalue weighted by molar-refractivity contribution is -0.137. The molecule has 0 aliphatic heterocycles. The van der Waals surface area contributed by atoms with E-state index in [0.717, 1.165) is 47.2 Å². The Kier molecular flexibility index (Phi) is 5.60. The summed E-state index contributed by atoms with van der Waals surface area (Å²) in [5.41, 5.74) is 6.59. The summed E-state index contributed by atoms with van der Waals surface area (Å²) in [6, 6.07) is 7.34. The normalized spacial score (nSPS) is 11.4. The minimum Gasteiger partial charge on any atom is -0.368 e. The van der Waals surface area contributed by atoms with Crippen molar-refractivity contribution in [2.75, 3.05) is 0 Å². The van der Waals surface area contributed by atoms with Gasteiger partial charge in [-0.25, -0.2) is 9.37 Å². The van der Waals surface area contributed by atoms with E-state index in [2.05, 4.69) is 4.98 Å². The van der Waals surface area contributed by atoms with Gasteiger partial charge in [0.05, 0.1) is 5.56 Å². The highest BCUT2D eigenvalue weighted by atomic mass is 19.4. The quantitative estimate of drug-likeness (QED) is 0.599. The first-order valence-electron chi connectivity index (χ1n) is 8.65. The van der Waals surface area contributed by atoms with E-state index in [1.165, 1.54) is 6.07 Å². The van der Waals surface area contributed by atoms with Crippen LogP contribution in [-0.2, 0) is 17.5 Å². The van der Waals surface area contributed by atoms with Crippen LogP contribution in [0.5, 0.6) is 0 Å². The van der Waals surface area contributed by atoms with Gasteiger partial charge in [0.1, 0.15) is 23.7 Å². The van der Waals surface area contributed by atoms with Crippen LogP contribution in [0.3, 0.4) is 0 Å². The minimum atomic E-state index is -4.75. The highest BCUT2D eigenvalue weighted by Gasteiger charge is 2.34. The van der Waals surface area contributed by atoms with Crippen molar-refractivity contribution < 1.29 is 27.2 Å². The first-order chi connectivity index (χ1) is 14.5. The van der Waals surface area contributed by atoms with E-state index in [9.17, 15) is 31.9 Å². The maximum atomic E-state index is 14.5. The van der Waals surface area contributed by atoms with Crippen molar-refractivity contribution in [2.24, 2.45) is 11.5 Å². The fourth-order valence-electron chi connectivity index (χ4n) is 2.98. The molecule has 0 radical (unpaired) electrons. The number of nitrogens with two attached hydrogens (primary N) is 2. The smallest absolute Gasteiger partial charge is 0.368 e. The van der Waals surface area contributed by atoms with Crippen LogP contribution in [0, 0.1) is 5.82 Å². The molecule has 1 aromatic heterocycles. The second-order valence-electron chi connectivity index (χ2n) is 6.48. The number of hydrogen-bond donors (Lipinski definition) is 2. The number of hydrogen-bond acceptors (Lipinski definition) is 4. The number of halogens is 4. The molecule has 3 rings (SSSR count). The van der Waals surface area contributed by atoms with Gasteiger partial charge in [-0.1, -0.05) is 18.2 Å². The van der Waals surface area contributed by atoms with Gasteiger partial charge in [-0.2, -0.15) is 13.2 Å². The Hall–Kier alpha value is -4.02. The van der Waals surface area contributed by atoms with E-state index in [1.807, 2.05) is 0 Å². The molecule has 3 aromatic rings. The van der Waals surface area contributed by atoms with Crippen molar-refractivity contribution in [3.63, 3.8) is 0 Å². The van der Waals surface area contributed by atoms with Crippen molar-refractivity contribution in [1.29, 1.82) is 0 Å². The van der Waals surface area contributed by atoms with Crippen LogP contribution in [0.25, 0.3) is 22.4 Å². The van der Waals surface area contributed by atoms with Crippen molar-refractivity contribution in [3.8, 4) is 22.4 Å². The fourth-order valence-corrected chi connectivity index (χ4v) is 2.98. The lowest BCUT2D eigenvalue weighted by Gasteiger charge is -2.14. The highest BCUT2D eigenvalue weighted by Crippen LogP contribution is 2.38. The molecule has 0 unspecified atom stereocenters. The van der Waals surface area contributed by atoms with Gasteiger partial charge in [0.15, 0.2) is 0 Å². The molecule has 0 bridgehead atoms. The Morgan fingerprint density at radius 1 is 1.03 bits per heavy atom. The van der Waals surface area contributed by atoms with Crippen molar-refractivity contribution >= 4 is 11.8 Å². The largest absolute Gasteiger partial charge is 0.417 e. The predicted molar refractivity (Wildman–Crippen MR) is 102 cm³/mol. The second kappa shape index (κ2) is 8.01. The number of rotatable bonds is 5. The number of alkyl halides is 3. The van der Waals surface area contributed by atoms with E-state index in [-0.39, 0.29) is 5.56 Å². The van der Waals surface area contributed by atoms with Crippen LogP contribution in [-0.4, -0.2) is 21.4 Å². The van der Waals surface area contributed by atoms with Crippen LogP contribution < -0.4 is 17.0 Å². The molecule has 11 heteroatoms. The van der Waals surface area contributed by atoms with Gasteiger partial charge in [0, 0.05) is 17.3 Å². The first kappa shape index (κ1) is 21.7. The number of carbonyl (C=O) groups excluding carboxylic acids is 2. The first-order valence-corrected chi connectivity index (χ1v) is 8.65. The summed E-state index contributed by atoms with van der Waals surface area (Å²) < 4.78 is 55.4. The highest BCUT2D eigenvalue weighted by molar-refractivity contribution is 5.91. The number of benzene rings is 2. The lowest BCUT2D eigenvalue weighted by atomic mass is 9.96. The molecule has 4 N–H and O–H groups in total.